The van der Waals surface area contributed by atoms with Crippen LogP contribution in [0.3, 0.4) is 0 Å². The largest absolute Gasteiger partial charge is 0.394 e. The summed E-state index contributed by atoms with van der Waals surface area (Å²) < 4.78 is 18.8. The zero-order chi connectivity index (χ0) is 21.3. The van der Waals surface area contributed by atoms with Gasteiger partial charge >= 0.3 is 6.03 Å². The number of hydrogen-bond donors (Lipinski definition) is 4. The highest BCUT2D eigenvalue weighted by Crippen LogP contribution is 2.22. The molecule has 2 heterocycles. The molecule has 0 spiro atoms. The van der Waals surface area contributed by atoms with E-state index < -0.39 is 24.0 Å². The molecule has 0 radical (unpaired) electrons. The van der Waals surface area contributed by atoms with Crippen molar-refractivity contribution in [2.75, 3.05) is 11.9 Å². The molecule has 1 aliphatic heterocycles. The molecular formula is C21H25FN4O4. The van der Waals surface area contributed by atoms with E-state index in [4.69, 9.17) is 4.74 Å². The molecule has 1 saturated heterocycles. The van der Waals surface area contributed by atoms with Gasteiger partial charge in [-0.15, -0.1) is 0 Å². The first-order chi connectivity index (χ1) is 14.5. The molecule has 160 valence electrons. The van der Waals surface area contributed by atoms with Crippen LogP contribution in [-0.2, 0) is 16.1 Å². The molecule has 1 aliphatic rings. The minimum Gasteiger partial charge on any atom is -0.394 e. The lowest BCUT2D eigenvalue weighted by Crippen LogP contribution is -2.52. The monoisotopic (exact) mass is 416 g/mol. The summed E-state index contributed by atoms with van der Waals surface area (Å²) in [5.74, 6) is -0.556. The van der Waals surface area contributed by atoms with Crippen LogP contribution in [-0.4, -0.2) is 46.9 Å². The molecule has 1 aromatic carbocycles. The molecular weight excluding hydrogens is 391 g/mol. The number of amides is 3. The summed E-state index contributed by atoms with van der Waals surface area (Å²) in [6, 6.07) is 10.0. The van der Waals surface area contributed by atoms with Gasteiger partial charge in [0.15, 0.2) is 0 Å². The topological polar surface area (TPSA) is 113 Å². The van der Waals surface area contributed by atoms with Crippen molar-refractivity contribution in [2.45, 2.75) is 44.1 Å². The Kier molecular flexibility index (Phi) is 7.69. The molecule has 4 N–H and O–H groups in total. The second-order valence-electron chi connectivity index (χ2n) is 7.07. The third-order valence-corrected chi connectivity index (χ3v) is 4.82. The fraction of sp³-hybridized carbons (Fsp3) is 0.381. The smallest absolute Gasteiger partial charge is 0.319 e. The number of aromatic nitrogens is 1. The number of rotatable bonds is 7. The molecule has 0 unspecified atom stereocenters. The van der Waals surface area contributed by atoms with Crippen LogP contribution in [0.15, 0.2) is 48.7 Å². The first-order valence-electron chi connectivity index (χ1n) is 9.79. The van der Waals surface area contributed by atoms with Gasteiger partial charge in [0.2, 0.25) is 5.91 Å². The van der Waals surface area contributed by atoms with Crippen molar-refractivity contribution in [2.24, 2.45) is 0 Å². The fourth-order valence-electron chi connectivity index (χ4n) is 3.29. The Labute approximate surface area is 173 Å². The standard InChI is InChI=1S/C21H25FN4O4/c22-14-4-6-15(7-5-14)25-21(29)26-18-9-8-17(30-19(18)13-27)11-20(28)24-12-16-3-1-2-10-23-16/h1-7,10,17-19,27H,8-9,11-13H2,(H,24,28)(H2,25,26,29)/t17-,18-,19+/m0/s1. The predicted octanol–water partition coefficient (Wildman–Crippen LogP) is 1.96. The number of aliphatic hydroxyl groups excluding tert-OH is 1. The van der Waals surface area contributed by atoms with Gasteiger partial charge in [0.25, 0.3) is 0 Å². The van der Waals surface area contributed by atoms with Crippen LogP contribution in [0, 0.1) is 5.82 Å². The number of nitrogens with one attached hydrogen (secondary N) is 3. The molecule has 30 heavy (non-hydrogen) atoms. The third kappa shape index (κ3) is 6.50. The van der Waals surface area contributed by atoms with Crippen molar-refractivity contribution >= 4 is 17.6 Å². The Morgan fingerprint density at radius 3 is 2.67 bits per heavy atom. The van der Waals surface area contributed by atoms with Gasteiger partial charge in [0.05, 0.1) is 37.4 Å². The third-order valence-electron chi connectivity index (χ3n) is 4.82. The number of urea groups is 1. The predicted molar refractivity (Wildman–Crippen MR) is 108 cm³/mol. The molecule has 8 nitrogen and oxygen atoms in total. The minimum absolute atomic E-state index is 0.164. The summed E-state index contributed by atoms with van der Waals surface area (Å²) in [7, 11) is 0. The molecule has 1 aromatic heterocycles. The Hall–Kier alpha value is -3.04. The molecule has 1 fully saturated rings. The lowest BCUT2D eigenvalue weighted by Gasteiger charge is -2.35. The van der Waals surface area contributed by atoms with Gasteiger partial charge in [-0.3, -0.25) is 9.78 Å². The lowest BCUT2D eigenvalue weighted by molar-refractivity contribution is -0.130. The summed E-state index contributed by atoms with van der Waals surface area (Å²) >= 11 is 0. The van der Waals surface area contributed by atoms with Gasteiger partial charge in [-0.1, -0.05) is 6.07 Å². The van der Waals surface area contributed by atoms with E-state index in [0.717, 1.165) is 5.69 Å². The van der Waals surface area contributed by atoms with Crippen LogP contribution in [0.5, 0.6) is 0 Å². The molecule has 0 saturated carbocycles. The SMILES string of the molecule is O=C(C[C@@H]1CC[C@H](NC(=O)Nc2ccc(F)cc2)[C@@H](CO)O1)NCc1ccccn1. The summed E-state index contributed by atoms with van der Waals surface area (Å²) in [4.78, 5) is 28.5. The van der Waals surface area contributed by atoms with Crippen molar-refractivity contribution in [3.63, 3.8) is 0 Å². The maximum absolute atomic E-state index is 13.0. The molecule has 3 atom stereocenters. The molecule has 0 aliphatic carbocycles. The van der Waals surface area contributed by atoms with Crippen LogP contribution < -0.4 is 16.0 Å². The summed E-state index contributed by atoms with van der Waals surface area (Å²) in [5.41, 5.74) is 1.22. The number of aliphatic hydroxyl groups is 1. The second-order valence-corrected chi connectivity index (χ2v) is 7.07. The van der Waals surface area contributed by atoms with E-state index >= 15 is 0 Å². The van der Waals surface area contributed by atoms with E-state index in [1.54, 1.807) is 12.3 Å². The van der Waals surface area contributed by atoms with E-state index in [9.17, 15) is 19.1 Å². The van der Waals surface area contributed by atoms with Crippen LogP contribution in [0.2, 0.25) is 0 Å². The lowest BCUT2D eigenvalue weighted by atomic mass is 9.97. The number of carbonyl (C=O) groups is 2. The molecule has 3 amide bonds. The Morgan fingerprint density at radius 2 is 1.97 bits per heavy atom. The highest BCUT2D eigenvalue weighted by Gasteiger charge is 2.32. The number of halogens is 1. The van der Waals surface area contributed by atoms with Crippen LogP contribution in [0.4, 0.5) is 14.9 Å². The van der Waals surface area contributed by atoms with Gasteiger partial charge in [0, 0.05) is 11.9 Å². The number of pyridine rings is 1. The Balaban J connectivity index is 1.44. The van der Waals surface area contributed by atoms with Gasteiger partial charge in [-0.25, -0.2) is 9.18 Å². The maximum Gasteiger partial charge on any atom is 0.319 e. The zero-order valence-corrected chi connectivity index (χ0v) is 16.4. The number of carbonyl (C=O) groups excluding carboxylic acids is 2. The molecule has 2 aromatic rings. The molecule has 0 bridgehead atoms. The van der Waals surface area contributed by atoms with Crippen LogP contribution in [0.1, 0.15) is 25.0 Å². The van der Waals surface area contributed by atoms with E-state index in [0.29, 0.717) is 25.1 Å². The molecule has 3 rings (SSSR count). The van der Waals surface area contributed by atoms with E-state index in [1.165, 1.54) is 24.3 Å². The van der Waals surface area contributed by atoms with E-state index in [-0.39, 0.29) is 25.0 Å². The summed E-state index contributed by atoms with van der Waals surface area (Å²) in [6.45, 7) is 0.0527. The van der Waals surface area contributed by atoms with Gasteiger partial charge in [0.1, 0.15) is 11.9 Å². The zero-order valence-electron chi connectivity index (χ0n) is 16.4. The van der Waals surface area contributed by atoms with Crippen molar-refractivity contribution in [3.8, 4) is 0 Å². The summed E-state index contributed by atoms with van der Waals surface area (Å²) in [5, 5.41) is 17.8. The van der Waals surface area contributed by atoms with Gasteiger partial charge < -0.3 is 25.8 Å². The van der Waals surface area contributed by atoms with Crippen molar-refractivity contribution in [1.29, 1.82) is 0 Å². The summed E-state index contributed by atoms with van der Waals surface area (Å²) in [6.07, 6.45) is 1.99. The quantitative estimate of drug-likeness (QED) is 0.551. The number of anilines is 1. The number of benzene rings is 1. The van der Waals surface area contributed by atoms with E-state index in [2.05, 4.69) is 20.9 Å². The van der Waals surface area contributed by atoms with Crippen molar-refractivity contribution in [3.05, 3.63) is 60.2 Å². The maximum atomic E-state index is 13.0. The normalized spacial score (nSPS) is 20.9. The average molecular weight is 416 g/mol. The second kappa shape index (κ2) is 10.7. The number of ether oxygens (including phenoxy) is 1. The highest BCUT2D eigenvalue weighted by molar-refractivity contribution is 5.89. The first-order valence-corrected chi connectivity index (χ1v) is 9.79. The minimum atomic E-state index is -0.619. The van der Waals surface area contributed by atoms with Gasteiger partial charge in [-0.05, 0) is 49.2 Å². The van der Waals surface area contributed by atoms with Gasteiger partial charge in [-0.2, -0.15) is 0 Å². The molecule has 9 heteroatoms. The van der Waals surface area contributed by atoms with Crippen LogP contribution >= 0.6 is 0 Å². The fourth-order valence-corrected chi connectivity index (χ4v) is 3.29. The van der Waals surface area contributed by atoms with Crippen molar-refractivity contribution < 1.29 is 23.8 Å². The first kappa shape index (κ1) is 21.7. The number of nitrogens with zero attached hydrogens (tertiary/aromatic N) is 1. The number of hydrogen-bond acceptors (Lipinski definition) is 5. The van der Waals surface area contributed by atoms with Crippen LogP contribution in [0.25, 0.3) is 0 Å². The Morgan fingerprint density at radius 1 is 1.17 bits per heavy atom. The average Bonchev–Trinajstić information content (AvgIpc) is 2.75. The van der Waals surface area contributed by atoms with Crippen molar-refractivity contribution in [1.82, 2.24) is 15.6 Å². The Bertz CT molecular complexity index is 835. The highest BCUT2D eigenvalue weighted by atomic mass is 19.1. The van der Waals surface area contributed by atoms with E-state index in [1.807, 2.05) is 12.1 Å².